The molecule has 0 spiro atoms. The lowest BCUT2D eigenvalue weighted by Crippen LogP contribution is -2.32. The van der Waals surface area contributed by atoms with Crippen LogP contribution in [0.4, 0.5) is 5.69 Å². The number of rotatable bonds is 6. The minimum atomic E-state index is -0.997. The van der Waals surface area contributed by atoms with Crippen LogP contribution < -0.4 is 4.90 Å². The van der Waals surface area contributed by atoms with E-state index in [1.807, 2.05) is 50.2 Å². The number of imide groups is 1. The second-order valence-corrected chi connectivity index (χ2v) is 13.4. The van der Waals surface area contributed by atoms with Crippen LogP contribution in [0.5, 0.6) is 0 Å². The van der Waals surface area contributed by atoms with Gasteiger partial charge in [-0.2, -0.15) is 0 Å². The van der Waals surface area contributed by atoms with Crippen molar-refractivity contribution in [3.05, 3.63) is 105 Å². The summed E-state index contributed by atoms with van der Waals surface area (Å²) in [6.45, 7) is 7.48. The average molecular weight is 664 g/mol. The molecule has 1 aromatic heterocycles. The predicted molar refractivity (Wildman–Crippen MR) is 175 cm³/mol. The Morgan fingerprint density at radius 3 is 2.33 bits per heavy atom. The largest absolute Gasteiger partial charge is 0.451 e. The van der Waals surface area contributed by atoms with E-state index < -0.39 is 12.1 Å². The van der Waals surface area contributed by atoms with Gasteiger partial charge in [0.2, 0.25) is 17.6 Å². The molecule has 3 aromatic carbocycles. The number of anilines is 1. The first-order valence-electron chi connectivity index (χ1n) is 15.1. The maximum atomic E-state index is 13.6. The minimum absolute atomic E-state index is 0.123. The first-order valence-corrected chi connectivity index (χ1v) is 15.9. The van der Waals surface area contributed by atoms with Gasteiger partial charge in [-0.3, -0.25) is 19.3 Å². The van der Waals surface area contributed by atoms with E-state index in [0.29, 0.717) is 33.4 Å². The standard InChI is InChI=1S/C37H31BrN2O5/c1-18-5-7-23(8-6-18)34(41)21(4)45-37(44)29-17-30(39-33-20(3)14-25(38)16-28(29)33)22-9-11-26(12-10-22)40-35(42)31-24-13-19(2)27(15-24)32(31)36(40)43/h5-14,16-17,21,24,27,31-32H,15H2,1-4H3. The maximum absolute atomic E-state index is 13.6. The number of benzene rings is 3. The third kappa shape index (κ3) is 4.83. The smallest absolute Gasteiger partial charge is 0.339 e. The summed E-state index contributed by atoms with van der Waals surface area (Å²) in [6.07, 6.45) is 2.05. The molecule has 8 heteroatoms. The molecule has 5 atom stereocenters. The number of ketones is 1. The van der Waals surface area contributed by atoms with Gasteiger partial charge in [-0.1, -0.05) is 69.5 Å². The zero-order chi connectivity index (χ0) is 31.7. The molecule has 1 saturated carbocycles. The number of allylic oxidation sites excluding steroid dienone is 2. The quantitative estimate of drug-likeness (QED) is 0.0924. The molecule has 0 radical (unpaired) electrons. The number of halogens is 1. The number of esters is 1. The Balaban J connectivity index is 1.20. The summed E-state index contributed by atoms with van der Waals surface area (Å²) < 4.78 is 6.51. The van der Waals surface area contributed by atoms with E-state index >= 15 is 0 Å². The monoisotopic (exact) mass is 662 g/mol. The highest BCUT2D eigenvalue weighted by molar-refractivity contribution is 9.10. The molecule has 2 heterocycles. The molecular formula is C37H31BrN2O5. The normalized spacial score (nSPS) is 22.5. The van der Waals surface area contributed by atoms with E-state index in [-0.39, 0.29) is 46.8 Å². The lowest BCUT2D eigenvalue weighted by atomic mass is 9.82. The second kappa shape index (κ2) is 10.9. The molecule has 1 saturated heterocycles. The number of Topliss-reactive ketones (excluding diaryl/α,β-unsaturated/α-hetero) is 1. The Morgan fingerprint density at radius 1 is 0.933 bits per heavy atom. The summed E-state index contributed by atoms with van der Waals surface area (Å²) >= 11 is 3.53. The third-order valence-electron chi connectivity index (χ3n) is 9.58. The fourth-order valence-corrected chi connectivity index (χ4v) is 7.89. The van der Waals surface area contributed by atoms with Crippen LogP contribution in [0.15, 0.2) is 82.9 Å². The number of carbonyl (C=O) groups is 4. The van der Waals surface area contributed by atoms with Gasteiger partial charge in [-0.25, -0.2) is 9.78 Å². The Kier molecular flexibility index (Phi) is 7.08. The number of aromatic nitrogens is 1. The molecule has 226 valence electrons. The molecule has 0 N–H and O–H groups in total. The lowest BCUT2D eigenvalue weighted by molar-refractivity contribution is -0.123. The summed E-state index contributed by atoms with van der Waals surface area (Å²) in [5, 5.41) is 0.598. The summed E-state index contributed by atoms with van der Waals surface area (Å²) in [7, 11) is 0. The van der Waals surface area contributed by atoms with E-state index in [2.05, 4.69) is 28.9 Å². The van der Waals surface area contributed by atoms with Crippen LogP contribution in [0.1, 0.15) is 52.1 Å². The molecule has 1 aliphatic heterocycles. The SMILES string of the molecule is CC1=CC2CC1C1C(=O)N(c3ccc(-c4cc(C(=O)OC(C)C(=O)c5ccc(C)cc5)c5cc(Br)cc(C)c5n4)cc3)C(=O)C21. The molecule has 7 rings (SSSR count). The molecule has 2 aliphatic carbocycles. The highest BCUT2D eigenvalue weighted by atomic mass is 79.9. The van der Waals surface area contributed by atoms with Crippen LogP contribution in [0, 0.1) is 37.5 Å². The average Bonchev–Trinajstić information content (AvgIpc) is 3.66. The van der Waals surface area contributed by atoms with E-state index in [4.69, 9.17) is 9.72 Å². The van der Waals surface area contributed by atoms with E-state index in [1.165, 1.54) is 10.5 Å². The Morgan fingerprint density at radius 2 is 1.62 bits per heavy atom. The van der Waals surface area contributed by atoms with Crippen molar-refractivity contribution in [3.8, 4) is 11.3 Å². The molecule has 2 fully saturated rings. The fraction of sp³-hybridized carbons (Fsp3) is 0.270. The number of ether oxygens (including phenoxy) is 1. The van der Waals surface area contributed by atoms with Crippen LogP contribution in [0.3, 0.4) is 0 Å². The lowest BCUT2D eigenvalue weighted by Gasteiger charge is -2.19. The number of pyridine rings is 1. The van der Waals surface area contributed by atoms with Gasteiger partial charge in [-0.05, 0) is 81.8 Å². The van der Waals surface area contributed by atoms with Crippen molar-refractivity contribution in [2.75, 3.05) is 4.90 Å². The summed E-state index contributed by atoms with van der Waals surface area (Å²) in [5.74, 6) is -1.43. The Labute approximate surface area is 269 Å². The van der Waals surface area contributed by atoms with E-state index in [9.17, 15) is 19.2 Å². The van der Waals surface area contributed by atoms with Gasteiger partial charge in [-0.15, -0.1) is 0 Å². The van der Waals surface area contributed by atoms with E-state index in [1.54, 1.807) is 37.3 Å². The Hall–Kier alpha value is -4.43. The molecule has 45 heavy (non-hydrogen) atoms. The number of carbonyl (C=O) groups excluding carboxylic acids is 4. The van der Waals surface area contributed by atoms with Crippen LogP contribution in [-0.2, 0) is 14.3 Å². The maximum Gasteiger partial charge on any atom is 0.339 e. The fourth-order valence-electron chi connectivity index (χ4n) is 7.31. The molecule has 4 aromatic rings. The second-order valence-electron chi connectivity index (χ2n) is 12.5. The summed E-state index contributed by atoms with van der Waals surface area (Å²) in [5.41, 5.74) is 6.24. The van der Waals surface area contributed by atoms with Gasteiger partial charge in [0.05, 0.1) is 34.3 Å². The van der Waals surface area contributed by atoms with Gasteiger partial charge in [0, 0.05) is 21.0 Å². The van der Waals surface area contributed by atoms with E-state index in [0.717, 1.165) is 22.0 Å². The zero-order valence-electron chi connectivity index (χ0n) is 25.3. The number of aryl methyl sites for hydroxylation is 2. The van der Waals surface area contributed by atoms with Crippen LogP contribution in [0.25, 0.3) is 22.2 Å². The third-order valence-corrected chi connectivity index (χ3v) is 10.0. The topological polar surface area (TPSA) is 93.6 Å². The minimum Gasteiger partial charge on any atom is -0.451 e. The summed E-state index contributed by atoms with van der Waals surface area (Å²) in [6, 6.07) is 19.7. The highest BCUT2D eigenvalue weighted by Gasteiger charge is 2.60. The number of amides is 2. The van der Waals surface area contributed by atoms with Crippen molar-refractivity contribution in [1.29, 1.82) is 0 Å². The van der Waals surface area contributed by atoms with Gasteiger partial charge in [0.25, 0.3) is 0 Å². The van der Waals surface area contributed by atoms with Crippen molar-refractivity contribution in [2.45, 2.75) is 40.2 Å². The molecular weight excluding hydrogens is 632 g/mol. The van der Waals surface area contributed by atoms with Crippen molar-refractivity contribution < 1.29 is 23.9 Å². The molecule has 3 aliphatic rings. The number of hydrogen-bond donors (Lipinski definition) is 0. The highest BCUT2D eigenvalue weighted by Crippen LogP contribution is 2.56. The van der Waals surface area contributed by atoms with Gasteiger partial charge in [0.15, 0.2) is 6.10 Å². The van der Waals surface area contributed by atoms with Gasteiger partial charge < -0.3 is 4.74 Å². The number of hydrogen-bond acceptors (Lipinski definition) is 6. The molecule has 2 amide bonds. The molecule has 2 bridgehead atoms. The van der Waals surface area contributed by atoms with Gasteiger partial charge >= 0.3 is 5.97 Å². The zero-order valence-corrected chi connectivity index (χ0v) is 26.9. The first-order chi connectivity index (χ1) is 21.5. The van der Waals surface area contributed by atoms with Crippen LogP contribution >= 0.6 is 15.9 Å². The number of fused-ring (bicyclic) bond motifs is 6. The Bertz CT molecular complexity index is 1960. The predicted octanol–water partition coefficient (Wildman–Crippen LogP) is 7.41. The van der Waals surface area contributed by atoms with Crippen molar-refractivity contribution in [2.24, 2.45) is 23.7 Å². The van der Waals surface area contributed by atoms with Crippen molar-refractivity contribution in [1.82, 2.24) is 4.98 Å². The summed E-state index contributed by atoms with van der Waals surface area (Å²) in [4.78, 5) is 59.8. The molecule has 5 unspecified atom stereocenters. The van der Waals surface area contributed by atoms with Gasteiger partial charge in [0.1, 0.15) is 0 Å². The number of nitrogens with zero attached hydrogens (tertiary/aromatic N) is 2. The van der Waals surface area contributed by atoms with Crippen LogP contribution in [-0.4, -0.2) is 34.7 Å². The first kappa shape index (κ1) is 29.3. The van der Waals surface area contributed by atoms with Crippen molar-refractivity contribution in [3.63, 3.8) is 0 Å². The van der Waals surface area contributed by atoms with Crippen molar-refractivity contribution >= 4 is 56.1 Å². The molecule has 7 nitrogen and oxygen atoms in total. The van der Waals surface area contributed by atoms with Crippen LogP contribution in [0.2, 0.25) is 0 Å².